The summed E-state index contributed by atoms with van der Waals surface area (Å²) in [6.45, 7) is 4.23. The van der Waals surface area contributed by atoms with Gasteiger partial charge in [0, 0.05) is 38.3 Å². The highest BCUT2D eigenvalue weighted by Crippen LogP contribution is 2.44. The third-order valence-electron chi connectivity index (χ3n) is 6.44. The lowest BCUT2D eigenvalue weighted by Crippen LogP contribution is -2.59. The first kappa shape index (κ1) is 26.1. The van der Waals surface area contributed by atoms with Crippen LogP contribution in [0.2, 0.25) is 0 Å². The molecule has 2 aromatic carbocycles. The van der Waals surface area contributed by atoms with E-state index >= 15 is 0 Å². The molecule has 0 bridgehead atoms. The molecule has 1 fully saturated rings. The fourth-order valence-corrected chi connectivity index (χ4v) is 4.69. The lowest BCUT2D eigenvalue weighted by Gasteiger charge is -2.43. The van der Waals surface area contributed by atoms with Crippen molar-refractivity contribution in [1.82, 2.24) is 4.90 Å². The number of para-hydroxylation sites is 2. The highest BCUT2D eigenvalue weighted by molar-refractivity contribution is 5.58. The summed E-state index contributed by atoms with van der Waals surface area (Å²) in [5.41, 5.74) is -3.04. The Kier molecular flexibility index (Phi) is 7.67. The Morgan fingerprint density at radius 2 is 1.53 bits per heavy atom. The summed E-state index contributed by atoms with van der Waals surface area (Å²) >= 11 is 0. The molecule has 2 aromatic rings. The standard InChI is InChI=1S/C25H32F4N2O3/c1-23(2,19-15-18(26)9-10-21(19)33-3)16-24(32,25(27,28)29)17-30-11-13-31(14-12-30)20-7-5-6-8-22(20)34-4/h5-10,15,32H,11-14,16-17H2,1-4H3. The maximum absolute atomic E-state index is 14.2. The van der Waals surface area contributed by atoms with Gasteiger partial charge >= 0.3 is 6.18 Å². The van der Waals surface area contributed by atoms with Crippen molar-refractivity contribution in [1.29, 1.82) is 0 Å². The maximum Gasteiger partial charge on any atom is 0.418 e. The van der Waals surface area contributed by atoms with Gasteiger partial charge in [-0.15, -0.1) is 0 Å². The molecule has 0 radical (unpaired) electrons. The first-order valence-corrected chi connectivity index (χ1v) is 11.1. The van der Waals surface area contributed by atoms with E-state index in [2.05, 4.69) is 4.90 Å². The Bertz CT molecular complexity index is 975. The van der Waals surface area contributed by atoms with Crippen LogP contribution in [0.15, 0.2) is 42.5 Å². The van der Waals surface area contributed by atoms with Crippen LogP contribution < -0.4 is 14.4 Å². The van der Waals surface area contributed by atoms with Gasteiger partial charge in [0.2, 0.25) is 0 Å². The van der Waals surface area contributed by atoms with Crippen LogP contribution in [-0.2, 0) is 5.41 Å². The Morgan fingerprint density at radius 3 is 2.12 bits per heavy atom. The number of aliphatic hydroxyl groups is 1. The Morgan fingerprint density at radius 1 is 0.912 bits per heavy atom. The molecule has 3 rings (SSSR count). The zero-order chi connectivity index (χ0) is 25.1. The van der Waals surface area contributed by atoms with Crippen LogP contribution in [0.4, 0.5) is 23.2 Å². The van der Waals surface area contributed by atoms with Crippen molar-refractivity contribution in [2.45, 2.75) is 37.5 Å². The zero-order valence-corrected chi connectivity index (χ0v) is 20.0. The fraction of sp³-hybridized carbons (Fsp3) is 0.520. The van der Waals surface area contributed by atoms with Gasteiger partial charge in [-0.3, -0.25) is 4.90 Å². The van der Waals surface area contributed by atoms with Gasteiger partial charge in [0.1, 0.15) is 17.3 Å². The van der Waals surface area contributed by atoms with Crippen molar-refractivity contribution < 1.29 is 32.1 Å². The largest absolute Gasteiger partial charge is 0.496 e. The van der Waals surface area contributed by atoms with Gasteiger partial charge in [0.25, 0.3) is 0 Å². The van der Waals surface area contributed by atoms with E-state index in [0.717, 1.165) is 5.69 Å². The monoisotopic (exact) mass is 484 g/mol. The summed E-state index contributed by atoms with van der Waals surface area (Å²) in [6, 6.07) is 11.2. The van der Waals surface area contributed by atoms with E-state index in [1.165, 1.54) is 25.3 Å². The van der Waals surface area contributed by atoms with E-state index < -0.39 is 36.0 Å². The minimum atomic E-state index is -4.87. The summed E-state index contributed by atoms with van der Waals surface area (Å²) < 4.78 is 67.2. The summed E-state index contributed by atoms with van der Waals surface area (Å²) in [6.07, 6.45) is -5.51. The number of alkyl halides is 3. The summed E-state index contributed by atoms with van der Waals surface area (Å²) in [5.74, 6) is 0.404. The average molecular weight is 485 g/mol. The summed E-state index contributed by atoms with van der Waals surface area (Å²) in [4.78, 5) is 3.68. The second-order valence-corrected chi connectivity index (χ2v) is 9.37. The number of ether oxygens (including phenoxy) is 2. The molecular weight excluding hydrogens is 452 g/mol. The molecule has 1 saturated heterocycles. The van der Waals surface area contributed by atoms with Crippen LogP contribution in [0.5, 0.6) is 11.5 Å². The minimum Gasteiger partial charge on any atom is -0.496 e. The molecule has 1 aliphatic rings. The van der Waals surface area contributed by atoms with Crippen molar-refractivity contribution >= 4 is 5.69 Å². The molecule has 1 N–H and O–H groups in total. The number of hydrogen-bond donors (Lipinski definition) is 1. The molecule has 0 saturated carbocycles. The predicted molar refractivity (Wildman–Crippen MR) is 123 cm³/mol. The van der Waals surface area contributed by atoms with E-state index in [4.69, 9.17) is 9.47 Å². The van der Waals surface area contributed by atoms with Crippen LogP contribution in [-0.4, -0.2) is 68.7 Å². The van der Waals surface area contributed by atoms with Gasteiger partial charge in [-0.25, -0.2) is 4.39 Å². The molecule has 1 heterocycles. The number of nitrogens with zero attached hydrogens (tertiary/aromatic N) is 2. The molecule has 1 unspecified atom stereocenters. The summed E-state index contributed by atoms with van der Waals surface area (Å²) in [7, 11) is 2.96. The van der Waals surface area contributed by atoms with E-state index in [1.54, 1.807) is 25.9 Å². The van der Waals surface area contributed by atoms with Crippen molar-refractivity contribution in [3.8, 4) is 11.5 Å². The van der Waals surface area contributed by atoms with Crippen molar-refractivity contribution in [3.05, 3.63) is 53.8 Å². The average Bonchev–Trinajstić information content (AvgIpc) is 2.78. The molecule has 0 spiro atoms. The minimum absolute atomic E-state index is 0.277. The van der Waals surface area contributed by atoms with Crippen LogP contribution in [0, 0.1) is 5.82 Å². The SMILES string of the molecule is COc1ccccc1N1CCN(CC(O)(CC(C)(C)c2cc(F)ccc2OC)C(F)(F)F)CC1. The van der Waals surface area contributed by atoms with Crippen molar-refractivity contribution in [3.63, 3.8) is 0 Å². The first-order valence-electron chi connectivity index (χ1n) is 11.1. The predicted octanol–water partition coefficient (Wildman–Crippen LogP) is 4.63. The Balaban J connectivity index is 1.77. The lowest BCUT2D eigenvalue weighted by molar-refractivity contribution is -0.271. The normalized spacial score (nSPS) is 17.4. The van der Waals surface area contributed by atoms with Gasteiger partial charge in [0.15, 0.2) is 5.60 Å². The van der Waals surface area contributed by atoms with Crippen LogP contribution in [0.1, 0.15) is 25.8 Å². The molecule has 1 aliphatic heterocycles. The highest BCUT2D eigenvalue weighted by Gasteiger charge is 2.57. The number of halogens is 4. The van der Waals surface area contributed by atoms with Gasteiger partial charge < -0.3 is 19.5 Å². The van der Waals surface area contributed by atoms with Crippen LogP contribution in [0.25, 0.3) is 0 Å². The van der Waals surface area contributed by atoms with Crippen molar-refractivity contribution in [2.24, 2.45) is 0 Å². The van der Waals surface area contributed by atoms with Gasteiger partial charge in [0.05, 0.1) is 19.9 Å². The van der Waals surface area contributed by atoms with E-state index in [-0.39, 0.29) is 11.3 Å². The molecule has 34 heavy (non-hydrogen) atoms. The maximum atomic E-state index is 14.2. The number of benzene rings is 2. The number of piperazine rings is 1. The quantitative estimate of drug-likeness (QED) is 0.554. The van der Waals surface area contributed by atoms with Crippen molar-refractivity contribution in [2.75, 3.05) is 51.8 Å². The molecule has 188 valence electrons. The summed E-state index contributed by atoms with van der Waals surface area (Å²) in [5, 5.41) is 11.0. The zero-order valence-electron chi connectivity index (χ0n) is 20.0. The number of methoxy groups -OCH3 is 2. The van der Waals surface area contributed by atoms with E-state index in [0.29, 0.717) is 31.9 Å². The van der Waals surface area contributed by atoms with Gasteiger partial charge in [-0.1, -0.05) is 26.0 Å². The number of β-amino-alcohol motifs (C(OH)–C–C–N with tert-alkyl or cyclic N) is 1. The second-order valence-electron chi connectivity index (χ2n) is 9.37. The van der Waals surface area contributed by atoms with Gasteiger partial charge in [-0.2, -0.15) is 13.2 Å². The molecule has 0 aliphatic carbocycles. The van der Waals surface area contributed by atoms with Gasteiger partial charge in [-0.05, 0) is 42.2 Å². The van der Waals surface area contributed by atoms with Crippen LogP contribution in [0.3, 0.4) is 0 Å². The second kappa shape index (κ2) is 10.00. The Hall–Kier alpha value is -2.52. The number of hydrogen-bond acceptors (Lipinski definition) is 5. The topological polar surface area (TPSA) is 45.2 Å². The van der Waals surface area contributed by atoms with E-state index in [9.17, 15) is 22.7 Å². The molecule has 9 heteroatoms. The highest BCUT2D eigenvalue weighted by atomic mass is 19.4. The molecule has 0 amide bonds. The molecule has 0 aromatic heterocycles. The van der Waals surface area contributed by atoms with E-state index in [1.807, 2.05) is 24.3 Å². The number of anilines is 1. The smallest absolute Gasteiger partial charge is 0.418 e. The first-order chi connectivity index (χ1) is 15.9. The number of rotatable bonds is 8. The third kappa shape index (κ3) is 5.58. The fourth-order valence-electron chi connectivity index (χ4n) is 4.69. The molecular formula is C25H32F4N2O3. The Labute approximate surface area is 197 Å². The lowest BCUT2D eigenvalue weighted by atomic mass is 9.74. The van der Waals surface area contributed by atoms with Crippen LogP contribution >= 0.6 is 0 Å². The molecule has 1 atom stereocenters. The molecule has 5 nitrogen and oxygen atoms in total. The third-order valence-corrected chi connectivity index (χ3v) is 6.44.